The Morgan fingerprint density at radius 2 is 1.86 bits per heavy atom. The molecule has 150 valence electrons. The van der Waals surface area contributed by atoms with Crippen LogP contribution >= 0.6 is 0 Å². The van der Waals surface area contributed by atoms with Crippen LogP contribution in [0.2, 0.25) is 0 Å². The van der Waals surface area contributed by atoms with Gasteiger partial charge < -0.3 is 14.8 Å². The number of carbonyl (C=O) groups excluding carboxylic acids is 1. The summed E-state index contributed by atoms with van der Waals surface area (Å²) in [5.41, 5.74) is 3.34. The molecule has 0 aliphatic carbocycles. The van der Waals surface area contributed by atoms with Crippen LogP contribution in [0.4, 0.5) is 4.39 Å². The van der Waals surface area contributed by atoms with Gasteiger partial charge in [-0.15, -0.1) is 0 Å². The predicted molar refractivity (Wildman–Crippen MR) is 106 cm³/mol. The molecule has 0 bridgehead atoms. The topological polar surface area (TPSA) is 50.8 Å². The molecule has 2 aromatic rings. The van der Waals surface area contributed by atoms with Gasteiger partial charge in [0.25, 0.3) is 0 Å². The van der Waals surface area contributed by atoms with Crippen molar-refractivity contribution in [2.24, 2.45) is 0 Å². The number of hydrogen-bond acceptors (Lipinski definition) is 4. The van der Waals surface area contributed by atoms with Crippen LogP contribution in [0.15, 0.2) is 36.4 Å². The number of nitrogens with zero attached hydrogens (tertiary/aromatic N) is 1. The van der Waals surface area contributed by atoms with Crippen molar-refractivity contribution in [3.63, 3.8) is 0 Å². The monoisotopic (exact) mass is 386 g/mol. The molecule has 5 nitrogen and oxygen atoms in total. The van der Waals surface area contributed by atoms with Gasteiger partial charge >= 0.3 is 0 Å². The molecule has 1 aliphatic heterocycles. The Morgan fingerprint density at radius 1 is 1.21 bits per heavy atom. The molecular formula is C22H27FN2O3. The fraction of sp³-hybridized carbons (Fsp3) is 0.409. The maximum Gasteiger partial charge on any atom is 0.217 e. The lowest BCUT2D eigenvalue weighted by atomic mass is 9.87. The molecule has 0 saturated carbocycles. The lowest BCUT2D eigenvalue weighted by molar-refractivity contribution is -0.120. The van der Waals surface area contributed by atoms with Gasteiger partial charge in [-0.1, -0.05) is 12.1 Å². The van der Waals surface area contributed by atoms with Crippen molar-refractivity contribution in [1.82, 2.24) is 10.2 Å². The first kappa shape index (κ1) is 20.1. The van der Waals surface area contributed by atoms with E-state index in [1.54, 1.807) is 26.4 Å². The molecule has 1 heterocycles. The zero-order valence-corrected chi connectivity index (χ0v) is 16.8. The van der Waals surface area contributed by atoms with Crippen molar-refractivity contribution in [1.29, 1.82) is 0 Å². The van der Waals surface area contributed by atoms with E-state index in [2.05, 4.69) is 10.2 Å². The third-order valence-electron chi connectivity index (χ3n) is 5.23. The lowest BCUT2D eigenvalue weighted by Crippen LogP contribution is -2.46. The summed E-state index contributed by atoms with van der Waals surface area (Å²) in [6, 6.07) is 10.5. The number of methoxy groups -OCH3 is 2. The van der Waals surface area contributed by atoms with Crippen LogP contribution in [0, 0.1) is 5.82 Å². The number of benzene rings is 2. The van der Waals surface area contributed by atoms with Gasteiger partial charge in [0, 0.05) is 26.1 Å². The predicted octanol–water partition coefficient (Wildman–Crippen LogP) is 3.47. The molecular weight excluding hydrogens is 359 g/mol. The SMILES string of the molecule is COc1cc2c(cc1OC)[C@H]([C@H](C)NC(C)=O)N(Cc1ccc(F)cc1)CC2. The summed E-state index contributed by atoms with van der Waals surface area (Å²) in [7, 11) is 3.25. The zero-order valence-electron chi connectivity index (χ0n) is 16.8. The number of carbonyl (C=O) groups is 1. The summed E-state index contributed by atoms with van der Waals surface area (Å²) in [5, 5.41) is 3.03. The normalized spacial score (nSPS) is 17.5. The molecule has 28 heavy (non-hydrogen) atoms. The molecule has 0 radical (unpaired) electrons. The van der Waals surface area contributed by atoms with E-state index < -0.39 is 0 Å². The van der Waals surface area contributed by atoms with Gasteiger partial charge in [-0.3, -0.25) is 9.69 Å². The molecule has 0 fully saturated rings. The minimum Gasteiger partial charge on any atom is -0.493 e. The average molecular weight is 386 g/mol. The van der Waals surface area contributed by atoms with Crippen molar-refractivity contribution < 1.29 is 18.7 Å². The number of amides is 1. The van der Waals surface area contributed by atoms with Gasteiger partial charge in [0.15, 0.2) is 11.5 Å². The Kier molecular flexibility index (Phi) is 6.19. The van der Waals surface area contributed by atoms with E-state index in [1.165, 1.54) is 24.6 Å². The third-order valence-corrected chi connectivity index (χ3v) is 5.23. The van der Waals surface area contributed by atoms with Gasteiger partial charge in [0.1, 0.15) is 5.82 Å². The summed E-state index contributed by atoms with van der Waals surface area (Å²) in [6.45, 7) is 5.03. The fourth-order valence-corrected chi connectivity index (χ4v) is 4.02. The largest absolute Gasteiger partial charge is 0.493 e. The molecule has 0 spiro atoms. The molecule has 2 aromatic carbocycles. The van der Waals surface area contributed by atoms with E-state index in [1.807, 2.05) is 19.1 Å². The standard InChI is InChI=1S/C22H27FN2O3/c1-14(24-15(2)26)22-19-12-21(28-4)20(27-3)11-17(19)9-10-25(22)13-16-5-7-18(23)8-6-16/h5-8,11-12,14,22H,9-10,13H2,1-4H3,(H,24,26)/t14-,22-/m0/s1. The molecule has 2 atom stereocenters. The summed E-state index contributed by atoms with van der Waals surface area (Å²) < 4.78 is 24.2. The second-order valence-electron chi connectivity index (χ2n) is 7.19. The Balaban J connectivity index is 1.99. The van der Waals surface area contributed by atoms with Gasteiger partial charge in [-0.05, 0) is 54.3 Å². The first-order valence-electron chi connectivity index (χ1n) is 9.43. The Morgan fingerprint density at radius 3 is 2.46 bits per heavy atom. The zero-order chi connectivity index (χ0) is 20.3. The summed E-state index contributed by atoms with van der Waals surface area (Å²) in [5.74, 6) is 1.07. The highest BCUT2D eigenvalue weighted by atomic mass is 19.1. The van der Waals surface area contributed by atoms with Crippen molar-refractivity contribution in [2.75, 3.05) is 20.8 Å². The number of nitrogens with one attached hydrogen (secondary N) is 1. The minimum atomic E-state index is -0.243. The minimum absolute atomic E-state index is 0.0301. The molecule has 0 aromatic heterocycles. The van der Waals surface area contributed by atoms with Crippen LogP contribution < -0.4 is 14.8 Å². The second-order valence-corrected chi connectivity index (χ2v) is 7.19. The summed E-state index contributed by atoms with van der Waals surface area (Å²) >= 11 is 0. The molecule has 1 aliphatic rings. The Hall–Kier alpha value is -2.60. The highest BCUT2D eigenvalue weighted by Crippen LogP contribution is 2.40. The number of rotatable bonds is 6. The van der Waals surface area contributed by atoms with Crippen molar-refractivity contribution >= 4 is 5.91 Å². The van der Waals surface area contributed by atoms with Crippen LogP contribution in [0.5, 0.6) is 11.5 Å². The van der Waals surface area contributed by atoms with Crippen LogP contribution in [0.3, 0.4) is 0 Å². The van der Waals surface area contributed by atoms with Gasteiger partial charge in [0.05, 0.1) is 20.3 Å². The fourth-order valence-electron chi connectivity index (χ4n) is 4.02. The summed E-state index contributed by atoms with van der Waals surface area (Å²) in [6.07, 6.45) is 0.861. The van der Waals surface area contributed by atoms with Crippen LogP contribution in [0.1, 0.15) is 36.6 Å². The highest BCUT2D eigenvalue weighted by molar-refractivity contribution is 5.73. The van der Waals surface area contributed by atoms with Crippen molar-refractivity contribution in [2.45, 2.75) is 38.9 Å². The molecule has 1 amide bonds. The number of halogens is 1. The first-order valence-corrected chi connectivity index (χ1v) is 9.43. The maximum absolute atomic E-state index is 13.3. The van der Waals surface area contributed by atoms with E-state index in [0.717, 1.165) is 24.1 Å². The highest BCUT2D eigenvalue weighted by Gasteiger charge is 2.33. The van der Waals surface area contributed by atoms with Crippen LogP contribution in [0.25, 0.3) is 0 Å². The molecule has 0 unspecified atom stereocenters. The lowest BCUT2D eigenvalue weighted by Gasteiger charge is -2.41. The van der Waals surface area contributed by atoms with E-state index in [0.29, 0.717) is 18.0 Å². The van der Waals surface area contributed by atoms with E-state index in [-0.39, 0.29) is 23.8 Å². The molecule has 1 N–H and O–H groups in total. The average Bonchev–Trinajstić information content (AvgIpc) is 2.67. The van der Waals surface area contributed by atoms with E-state index >= 15 is 0 Å². The smallest absolute Gasteiger partial charge is 0.217 e. The van der Waals surface area contributed by atoms with Gasteiger partial charge in [0.2, 0.25) is 5.91 Å². The Bertz CT molecular complexity index is 838. The second kappa shape index (κ2) is 8.61. The molecule has 3 rings (SSSR count). The first-order chi connectivity index (χ1) is 13.4. The van der Waals surface area contributed by atoms with Gasteiger partial charge in [-0.2, -0.15) is 0 Å². The molecule has 0 saturated heterocycles. The van der Waals surface area contributed by atoms with Crippen molar-refractivity contribution in [3.05, 3.63) is 58.9 Å². The van der Waals surface area contributed by atoms with Crippen LogP contribution in [-0.2, 0) is 17.8 Å². The maximum atomic E-state index is 13.3. The number of hydrogen-bond donors (Lipinski definition) is 1. The van der Waals surface area contributed by atoms with E-state index in [9.17, 15) is 9.18 Å². The van der Waals surface area contributed by atoms with Gasteiger partial charge in [-0.25, -0.2) is 4.39 Å². The summed E-state index contributed by atoms with van der Waals surface area (Å²) in [4.78, 5) is 14.0. The van der Waals surface area contributed by atoms with E-state index in [4.69, 9.17) is 9.47 Å². The Labute approximate surface area is 165 Å². The van der Waals surface area contributed by atoms with Crippen molar-refractivity contribution in [3.8, 4) is 11.5 Å². The molecule has 6 heteroatoms. The third kappa shape index (κ3) is 4.28. The number of ether oxygens (including phenoxy) is 2. The quantitative estimate of drug-likeness (QED) is 0.826. The number of fused-ring (bicyclic) bond motifs is 1. The van der Waals surface area contributed by atoms with Crippen LogP contribution in [-0.4, -0.2) is 37.6 Å².